The van der Waals surface area contributed by atoms with Gasteiger partial charge in [-0.1, -0.05) is 47.6 Å². The predicted molar refractivity (Wildman–Crippen MR) is 112 cm³/mol. The normalized spacial score (nSPS) is 16.2. The van der Waals surface area contributed by atoms with Gasteiger partial charge in [-0.2, -0.15) is 0 Å². The molecule has 2 aromatic heterocycles. The van der Waals surface area contributed by atoms with Crippen molar-refractivity contribution in [1.29, 1.82) is 0 Å². The standard InChI is InChI=1S/C23H23N5O2/c29-23(15-19-18-8-4-5-9-20(18)30-27-19)24-17-10-11-21-25-26-22(28(21)13-12-17)14-16-6-2-1-3-7-16/h1-9,17H,10-15H2,(H,24,29). The Kier molecular flexibility index (Phi) is 5.01. The van der Waals surface area contributed by atoms with Gasteiger partial charge in [0.25, 0.3) is 0 Å². The number of benzene rings is 2. The molecular weight excluding hydrogens is 378 g/mol. The van der Waals surface area contributed by atoms with Crippen molar-refractivity contribution < 1.29 is 9.32 Å². The van der Waals surface area contributed by atoms with Crippen molar-refractivity contribution in [3.63, 3.8) is 0 Å². The molecule has 5 rings (SSSR count). The zero-order valence-electron chi connectivity index (χ0n) is 16.6. The maximum Gasteiger partial charge on any atom is 0.226 e. The fourth-order valence-electron chi connectivity index (χ4n) is 4.10. The number of rotatable bonds is 5. The first-order chi connectivity index (χ1) is 14.8. The third kappa shape index (κ3) is 3.83. The van der Waals surface area contributed by atoms with E-state index in [1.54, 1.807) is 0 Å². The van der Waals surface area contributed by atoms with Crippen LogP contribution in [0.2, 0.25) is 0 Å². The largest absolute Gasteiger partial charge is 0.356 e. The Morgan fingerprint density at radius 3 is 2.80 bits per heavy atom. The minimum Gasteiger partial charge on any atom is -0.356 e. The van der Waals surface area contributed by atoms with Crippen molar-refractivity contribution in [2.75, 3.05) is 0 Å². The number of aryl methyl sites for hydroxylation is 1. The Morgan fingerprint density at radius 1 is 1.07 bits per heavy atom. The molecule has 1 aliphatic heterocycles. The molecule has 4 aromatic rings. The summed E-state index contributed by atoms with van der Waals surface area (Å²) in [5, 5.41) is 16.9. The molecule has 2 aromatic carbocycles. The molecule has 0 spiro atoms. The Labute approximate surface area is 174 Å². The number of aromatic nitrogens is 4. The van der Waals surface area contributed by atoms with Gasteiger partial charge in [0, 0.05) is 30.8 Å². The van der Waals surface area contributed by atoms with Crippen LogP contribution in [-0.2, 0) is 30.6 Å². The number of nitrogens with zero attached hydrogens (tertiary/aromatic N) is 4. The van der Waals surface area contributed by atoms with Gasteiger partial charge in [-0.05, 0) is 30.5 Å². The van der Waals surface area contributed by atoms with Crippen molar-refractivity contribution >= 4 is 16.9 Å². The van der Waals surface area contributed by atoms with E-state index in [-0.39, 0.29) is 18.4 Å². The molecule has 152 valence electrons. The van der Waals surface area contributed by atoms with Crippen molar-refractivity contribution in [2.45, 2.75) is 44.7 Å². The Bertz CT molecular complexity index is 1160. The van der Waals surface area contributed by atoms with Crippen molar-refractivity contribution in [1.82, 2.24) is 25.2 Å². The summed E-state index contributed by atoms with van der Waals surface area (Å²) in [5.41, 5.74) is 2.61. The monoisotopic (exact) mass is 401 g/mol. The number of carbonyl (C=O) groups excluding carboxylic acids is 1. The van der Waals surface area contributed by atoms with Crippen LogP contribution in [0.1, 0.15) is 35.7 Å². The highest BCUT2D eigenvalue weighted by molar-refractivity contribution is 5.86. The second-order valence-corrected chi connectivity index (χ2v) is 7.74. The second-order valence-electron chi connectivity index (χ2n) is 7.74. The molecular formula is C23H23N5O2. The van der Waals surface area contributed by atoms with Gasteiger partial charge in [-0.25, -0.2) is 0 Å². The summed E-state index contributed by atoms with van der Waals surface area (Å²) in [6.07, 6.45) is 3.51. The van der Waals surface area contributed by atoms with E-state index in [0.29, 0.717) is 11.3 Å². The SMILES string of the molecule is O=C(Cc1noc2ccccc12)NC1CCc2nnc(Cc3ccccc3)n2CC1. The lowest BCUT2D eigenvalue weighted by atomic mass is 10.1. The molecule has 1 N–H and O–H groups in total. The molecule has 1 amide bonds. The van der Waals surface area contributed by atoms with Gasteiger partial charge >= 0.3 is 0 Å². The molecule has 0 saturated carbocycles. The summed E-state index contributed by atoms with van der Waals surface area (Å²) in [7, 11) is 0. The molecule has 1 atom stereocenters. The molecule has 7 nitrogen and oxygen atoms in total. The van der Waals surface area contributed by atoms with Crippen molar-refractivity contribution in [3.05, 3.63) is 77.5 Å². The minimum atomic E-state index is -0.0266. The number of amides is 1. The topological polar surface area (TPSA) is 85.8 Å². The third-order valence-corrected chi connectivity index (χ3v) is 5.67. The molecule has 0 radical (unpaired) electrons. The summed E-state index contributed by atoms with van der Waals surface area (Å²) >= 11 is 0. The quantitative estimate of drug-likeness (QED) is 0.555. The summed E-state index contributed by atoms with van der Waals surface area (Å²) < 4.78 is 7.52. The number of fused-ring (bicyclic) bond motifs is 2. The van der Waals surface area contributed by atoms with Crippen LogP contribution in [0.3, 0.4) is 0 Å². The van der Waals surface area contributed by atoms with E-state index < -0.39 is 0 Å². The van der Waals surface area contributed by atoms with Crippen LogP contribution < -0.4 is 5.32 Å². The number of hydrogen-bond donors (Lipinski definition) is 1. The van der Waals surface area contributed by atoms with E-state index in [1.807, 2.05) is 42.5 Å². The zero-order valence-corrected chi connectivity index (χ0v) is 16.6. The highest BCUT2D eigenvalue weighted by atomic mass is 16.5. The highest BCUT2D eigenvalue weighted by Crippen LogP contribution is 2.20. The Balaban J connectivity index is 1.22. The molecule has 3 heterocycles. The van der Waals surface area contributed by atoms with E-state index in [4.69, 9.17) is 4.52 Å². The smallest absolute Gasteiger partial charge is 0.226 e. The molecule has 7 heteroatoms. The number of nitrogens with one attached hydrogen (secondary N) is 1. The average molecular weight is 401 g/mol. The summed E-state index contributed by atoms with van der Waals surface area (Å²) in [4.78, 5) is 12.6. The van der Waals surface area contributed by atoms with Crippen LogP contribution in [0, 0.1) is 0 Å². The van der Waals surface area contributed by atoms with Gasteiger partial charge in [-0.15, -0.1) is 10.2 Å². The van der Waals surface area contributed by atoms with Gasteiger partial charge in [-0.3, -0.25) is 4.79 Å². The zero-order chi connectivity index (χ0) is 20.3. The third-order valence-electron chi connectivity index (χ3n) is 5.67. The molecule has 0 aliphatic carbocycles. The van der Waals surface area contributed by atoms with Gasteiger partial charge in [0.1, 0.15) is 17.3 Å². The molecule has 1 unspecified atom stereocenters. The summed E-state index contributed by atoms with van der Waals surface area (Å²) in [6, 6.07) is 18.0. The maximum atomic E-state index is 12.6. The second kappa shape index (κ2) is 8.10. The van der Waals surface area contributed by atoms with Crippen molar-refractivity contribution in [2.24, 2.45) is 0 Å². The number of hydrogen-bond acceptors (Lipinski definition) is 5. The first kappa shape index (κ1) is 18.5. The maximum absolute atomic E-state index is 12.6. The summed E-state index contributed by atoms with van der Waals surface area (Å²) in [5.74, 6) is 1.96. The minimum absolute atomic E-state index is 0.0266. The van der Waals surface area contributed by atoms with Gasteiger partial charge in [0.15, 0.2) is 5.58 Å². The van der Waals surface area contributed by atoms with E-state index in [0.717, 1.165) is 49.3 Å². The number of para-hydroxylation sites is 1. The molecule has 30 heavy (non-hydrogen) atoms. The van der Waals surface area contributed by atoms with Crippen LogP contribution in [0.15, 0.2) is 59.1 Å². The fourth-order valence-corrected chi connectivity index (χ4v) is 4.10. The lowest BCUT2D eigenvalue weighted by molar-refractivity contribution is -0.121. The first-order valence-corrected chi connectivity index (χ1v) is 10.3. The average Bonchev–Trinajstić information content (AvgIpc) is 3.28. The molecule has 0 fully saturated rings. The lowest BCUT2D eigenvalue weighted by Gasteiger charge is -2.16. The Morgan fingerprint density at radius 2 is 1.90 bits per heavy atom. The van der Waals surface area contributed by atoms with Crippen LogP contribution in [0.4, 0.5) is 0 Å². The molecule has 1 aliphatic rings. The Hall–Kier alpha value is -3.48. The molecule has 0 saturated heterocycles. The summed E-state index contributed by atoms with van der Waals surface area (Å²) in [6.45, 7) is 0.808. The van der Waals surface area contributed by atoms with Crippen LogP contribution in [0.25, 0.3) is 11.0 Å². The number of carbonyl (C=O) groups is 1. The van der Waals surface area contributed by atoms with Gasteiger partial charge in [0.2, 0.25) is 5.91 Å². The van der Waals surface area contributed by atoms with Gasteiger partial charge in [0.05, 0.1) is 6.42 Å². The van der Waals surface area contributed by atoms with E-state index in [1.165, 1.54) is 5.56 Å². The predicted octanol–water partition coefficient (Wildman–Crippen LogP) is 3.07. The van der Waals surface area contributed by atoms with E-state index in [9.17, 15) is 4.79 Å². The van der Waals surface area contributed by atoms with Crippen LogP contribution in [-0.4, -0.2) is 31.9 Å². The lowest BCUT2D eigenvalue weighted by Crippen LogP contribution is -2.36. The fraction of sp³-hybridized carbons (Fsp3) is 0.304. The van der Waals surface area contributed by atoms with Crippen molar-refractivity contribution in [3.8, 4) is 0 Å². The highest BCUT2D eigenvalue weighted by Gasteiger charge is 2.22. The molecule has 0 bridgehead atoms. The van der Waals surface area contributed by atoms with E-state index in [2.05, 4.69) is 37.4 Å². The van der Waals surface area contributed by atoms with Crippen LogP contribution in [0.5, 0.6) is 0 Å². The van der Waals surface area contributed by atoms with Crippen LogP contribution >= 0.6 is 0 Å². The van der Waals surface area contributed by atoms with Gasteiger partial charge < -0.3 is 14.4 Å². The first-order valence-electron chi connectivity index (χ1n) is 10.3. The van der Waals surface area contributed by atoms with E-state index >= 15 is 0 Å².